The molecule has 0 aliphatic heterocycles. The van der Waals surface area contributed by atoms with E-state index in [4.69, 9.17) is 0 Å². The van der Waals surface area contributed by atoms with Crippen molar-refractivity contribution in [3.05, 3.63) is 29.8 Å². The van der Waals surface area contributed by atoms with Crippen LogP contribution in [0.2, 0.25) is 0 Å². The van der Waals surface area contributed by atoms with Gasteiger partial charge in [-0.15, -0.1) is 0 Å². The number of aryl methyl sites for hydroxylation is 1. The summed E-state index contributed by atoms with van der Waals surface area (Å²) in [5.74, 6) is 0. The molecule has 1 saturated carbocycles. The summed E-state index contributed by atoms with van der Waals surface area (Å²) in [4.78, 5) is 0. The van der Waals surface area contributed by atoms with Crippen LogP contribution in [-0.4, -0.2) is 9.46 Å². The lowest BCUT2D eigenvalue weighted by Gasteiger charge is -2.11. The van der Waals surface area contributed by atoms with Crippen molar-refractivity contribution in [3.63, 3.8) is 0 Å². The van der Waals surface area contributed by atoms with E-state index in [1.807, 2.05) is 24.3 Å². The van der Waals surface area contributed by atoms with Gasteiger partial charge in [0.1, 0.15) is 11.0 Å². The van der Waals surface area contributed by atoms with Crippen molar-refractivity contribution in [2.75, 3.05) is 4.72 Å². The minimum Gasteiger partial charge on any atom is -0.305 e. The van der Waals surface area contributed by atoms with Crippen LogP contribution in [0.5, 0.6) is 0 Å². The predicted octanol–water partition coefficient (Wildman–Crippen LogP) is 3.01. The van der Waals surface area contributed by atoms with E-state index in [2.05, 4.69) is 11.6 Å². The largest absolute Gasteiger partial charge is 0.305 e. The molecule has 82 valence electrons. The van der Waals surface area contributed by atoms with Crippen molar-refractivity contribution in [1.29, 1.82) is 0 Å². The van der Waals surface area contributed by atoms with Gasteiger partial charge < -0.3 is 4.72 Å². The highest BCUT2D eigenvalue weighted by atomic mass is 32.2. The smallest absolute Gasteiger partial charge is 0.120 e. The Morgan fingerprint density at radius 1 is 1.20 bits per heavy atom. The standard InChI is InChI=1S/C12H17NOS/c1-10-6-8-11(9-7-10)13-15(14)12-4-2-3-5-12/h6-9,12-13H,2-5H2,1H3. The van der Waals surface area contributed by atoms with E-state index in [-0.39, 0.29) is 0 Å². The van der Waals surface area contributed by atoms with E-state index in [0.29, 0.717) is 5.25 Å². The maximum Gasteiger partial charge on any atom is 0.120 e. The van der Waals surface area contributed by atoms with E-state index in [9.17, 15) is 4.21 Å². The molecule has 1 aromatic rings. The number of hydrogen-bond donors (Lipinski definition) is 1. The monoisotopic (exact) mass is 223 g/mol. The van der Waals surface area contributed by atoms with Gasteiger partial charge in [-0.2, -0.15) is 0 Å². The Balaban J connectivity index is 1.96. The molecule has 0 spiro atoms. The van der Waals surface area contributed by atoms with Crippen molar-refractivity contribution in [3.8, 4) is 0 Å². The molecule has 0 radical (unpaired) electrons. The molecule has 0 saturated heterocycles. The third-order valence-electron chi connectivity index (χ3n) is 2.87. The van der Waals surface area contributed by atoms with Crippen LogP contribution >= 0.6 is 0 Å². The molecule has 15 heavy (non-hydrogen) atoms. The molecule has 2 rings (SSSR count). The summed E-state index contributed by atoms with van der Waals surface area (Å²) in [5, 5.41) is 0.353. The van der Waals surface area contributed by atoms with Gasteiger partial charge in [-0.05, 0) is 31.9 Å². The quantitative estimate of drug-likeness (QED) is 0.838. The first-order valence-electron chi connectivity index (χ1n) is 5.49. The van der Waals surface area contributed by atoms with Gasteiger partial charge in [0.25, 0.3) is 0 Å². The van der Waals surface area contributed by atoms with Crippen LogP contribution in [0.1, 0.15) is 31.2 Å². The predicted molar refractivity (Wildman–Crippen MR) is 65.2 cm³/mol. The Morgan fingerprint density at radius 2 is 1.80 bits per heavy atom. The normalized spacial score (nSPS) is 19.0. The maximum atomic E-state index is 11.9. The van der Waals surface area contributed by atoms with Gasteiger partial charge in [-0.25, -0.2) is 4.21 Å². The van der Waals surface area contributed by atoms with Gasteiger partial charge in [-0.1, -0.05) is 30.5 Å². The summed E-state index contributed by atoms with van der Waals surface area (Å²) in [6.07, 6.45) is 4.66. The van der Waals surface area contributed by atoms with Crippen LogP contribution in [0.15, 0.2) is 24.3 Å². The number of anilines is 1. The Bertz CT molecular complexity index is 341. The zero-order valence-corrected chi connectivity index (χ0v) is 9.85. The van der Waals surface area contributed by atoms with Crippen molar-refractivity contribution in [2.24, 2.45) is 0 Å². The van der Waals surface area contributed by atoms with Gasteiger partial charge in [0, 0.05) is 5.69 Å². The molecule has 1 aliphatic carbocycles. The first-order chi connectivity index (χ1) is 7.25. The third kappa shape index (κ3) is 2.81. The molecule has 0 amide bonds. The molecule has 1 fully saturated rings. The number of rotatable bonds is 3. The van der Waals surface area contributed by atoms with Gasteiger partial charge in [-0.3, -0.25) is 0 Å². The Morgan fingerprint density at radius 3 is 2.40 bits per heavy atom. The summed E-state index contributed by atoms with van der Waals surface area (Å²) >= 11 is 0. The van der Waals surface area contributed by atoms with E-state index >= 15 is 0 Å². The van der Waals surface area contributed by atoms with Crippen LogP contribution in [0.25, 0.3) is 0 Å². The lowest BCUT2D eigenvalue weighted by molar-refractivity contribution is 0.673. The highest BCUT2D eigenvalue weighted by molar-refractivity contribution is 7.87. The van der Waals surface area contributed by atoms with Gasteiger partial charge in [0.15, 0.2) is 0 Å². The maximum absolute atomic E-state index is 11.9. The molecular weight excluding hydrogens is 206 g/mol. The summed E-state index contributed by atoms with van der Waals surface area (Å²) in [6, 6.07) is 8.05. The van der Waals surface area contributed by atoms with E-state index in [0.717, 1.165) is 18.5 Å². The van der Waals surface area contributed by atoms with Gasteiger partial charge in [0.05, 0.1) is 5.25 Å². The Hall–Kier alpha value is -0.830. The minimum atomic E-state index is -0.903. The fourth-order valence-electron chi connectivity index (χ4n) is 1.92. The van der Waals surface area contributed by atoms with Crippen LogP contribution in [0.3, 0.4) is 0 Å². The van der Waals surface area contributed by atoms with Crippen LogP contribution < -0.4 is 4.72 Å². The second kappa shape index (κ2) is 4.79. The molecule has 0 aromatic heterocycles. The summed E-state index contributed by atoms with van der Waals surface area (Å²) in [5.41, 5.74) is 2.19. The highest BCUT2D eigenvalue weighted by Gasteiger charge is 2.21. The van der Waals surface area contributed by atoms with Crippen molar-refractivity contribution in [1.82, 2.24) is 0 Å². The minimum absolute atomic E-state index is 0.353. The molecule has 0 heterocycles. The van der Waals surface area contributed by atoms with E-state index < -0.39 is 11.0 Å². The van der Waals surface area contributed by atoms with Crippen molar-refractivity contribution < 1.29 is 4.21 Å². The highest BCUT2D eigenvalue weighted by Crippen LogP contribution is 2.23. The average Bonchev–Trinajstić information content (AvgIpc) is 2.74. The van der Waals surface area contributed by atoms with Crippen LogP contribution in [-0.2, 0) is 11.0 Å². The molecule has 1 aliphatic rings. The number of hydrogen-bond acceptors (Lipinski definition) is 1. The zero-order chi connectivity index (χ0) is 10.7. The SMILES string of the molecule is Cc1ccc(NS(=O)C2CCCC2)cc1. The average molecular weight is 223 g/mol. The van der Waals surface area contributed by atoms with Gasteiger partial charge in [0.2, 0.25) is 0 Å². The van der Waals surface area contributed by atoms with Crippen molar-refractivity contribution in [2.45, 2.75) is 37.9 Å². The summed E-state index contributed by atoms with van der Waals surface area (Å²) in [6.45, 7) is 2.05. The molecule has 1 unspecified atom stereocenters. The number of benzene rings is 1. The third-order valence-corrected chi connectivity index (χ3v) is 4.39. The van der Waals surface area contributed by atoms with Crippen LogP contribution in [0.4, 0.5) is 5.69 Å². The lowest BCUT2D eigenvalue weighted by Crippen LogP contribution is -2.17. The molecule has 1 atom stereocenters. The number of nitrogens with one attached hydrogen (secondary N) is 1. The van der Waals surface area contributed by atoms with Crippen molar-refractivity contribution >= 4 is 16.7 Å². The van der Waals surface area contributed by atoms with E-state index in [1.165, 1.54) is 18.4 Å². The summed E-state index contributed by atoms with van der Waals surface area (Å²) < 4.78 is 15.0. The molecular formula is C12H17NOS. The Labute approximate surface area is 93.7 Å². The first-order valence-corrected chi connectivity index (χ1v) is 6.71. The first kappa shape index (κ1) is 10.7. The molecule has 2 nitrogen and oxygen atoms in total. The second-order valence-electron chi connectivity index (χ2n) is 4.17. The second-order valence-corrected chi connectivity index (χ2v) is 5.64. The lowest BCUT2D eigenvalue weighted by atomic mass is 10.2. The summed E-state index contributed by atoms with van der Waals surface area (Å²) in [7, 11) is -0.903. The Kier molecular flexibility index (Phi) is 3.41. The van der Waals surface area contributed by atoms with Crippen LogP contribution in [0, 0.1) is 6.92 Å². The van der Waals surface area contributed by atoms with E-state index in [1.54, 1.807) is 0 Å². The zero-order valence-electron chi connectivity index (χ0n) is 9.03. The molecule has 3 heteroatoms. The fourth-order valence-corrected chi connectivity index (χ4v) is 3.22. The molecule has 0 bridgehead atoms. The van der Waals surface area contributed by atoms with Gasteiger partial charge >= 0.3 is 0 Å². The topological polar surface area (TPSA) is 29.1 Å². The molecule has 1 aromatic carbocycles. The molecule has 1 N–H and O–H groups in total. The fraction of sp³-hybridized carbons (Fsp3) is 0.500.